The Balaban J connectivity index is 0.000000194. The maximum absolute atomic E-state index is 12.9. The van der Waals surface area contributed by atoms with Crippen LogP contribution in [0.25, 0.3) is 87.5 Å². The van der Waals surface area contributed by atoms with Gasteiger partial charge in [0.25, 0.3) is 23.6 Å². The number of nitrogens with one attached hydrogen (secondary N) is 5. The quantitative estimate of drug-likeness (QED) is 0.0484. The Morgan fingerprint density at radius 1 is 0.454 bits per heavy atom. The summed E-state index contributed by atoms with van der Waals surface area (Å²) in [5.74, 6) is 0.528. The van der Waals surface area contributed by atoms with Crippen LogP contribution in [-0.2, 0) is 127 Å². The molecule has 16 heterocycles. The van der Waals surface area contributed by atoms with Crippen LogP contribution < -0.4 is 26.6 Å². The van der Waals surface area contributed by atoms with Crippen molar-refractivity contribution in [2.24, 2.45) is 0 Å². The summed E-state index contributed by atoms with van der Waals surface area (Å²) >= 11 is 0. The van der Waals surface area contributed by atoms with Crippen LogP contribution in [0, 0.1) is 41.1 Å². The van der Waals surface area contributed by atoms with Crippen LogP contribution in [0.2, 0.25) is 0 Å². The first-order valence-corrected chi connectivity index (χ1v) is 40.6. The van der Waals surface area contributed by atoms with E-state index in [-0.39, 0.29) is 173 Å². The predicted octanol–water partition coefficient (Wildman–Crippen LogP) is 1.94. The van der Waals surface area contributed by atoms with Crippen LogP contribution in [0.4, 0.5) is 41.8 Å². The van der Waals surface area contributed by atoms with Gasteiger partial charge in [-0.1, -0.05) is 0 Å². The number of rotatable bonds is 26. The molecule has 0 unspecified atom stereocenters. The molecule has 130 heavy (non-hydrogen) atoms. The van der Waals surface area contributed by atoms with Crippen molar-refractivity contribution in [3.8, 4) is 45.6 Å². The zero-order valence-corrected chi connectivity index (χ0v) is 78.4. The number of ether oxygens (including phenoxy) is 5. The molecule has 0 saturated carbocycles. The van der Waals surface area contributed by atoms with Gasteiger partial charge in [0, 0.05) is 184 Å². The first-order valence-electron chi connectivity index (χ1n) is 37.3. The molecule has 5 amide bonds. The summed E-state index contributed by atoms with van der Waals surface area (Å²) in [6, 6.07) is 6.55. The number of carbonyl (C=O) groups is 5. The second-order valence-corrected chi connectivity index (χ2v) is 33.8. The molecular formula is C73H83F3N36O14S2W2-2. The van der Waals surface area contributed by atoms with Crippen molar-refractivity contribution in [3.63, 3.8) is 0 Å². The molecule has 4 aliphatic rings. The number of sulfonamides is 2. The number of fused-ring (bicyclic) bond motifs is 4. The fourth-order valence-electron chi connectivity index (χ4n) is 13.4. The van der Waals surface area contributed by atoms with Gasteiger partial charge >= 0.3 is 21.6 Å². The summed E-state index contributed by atoms with van der Waals surface area (Å²) in [4.78, 5) is 109. The Labute approximate surface area is 767 Å². The number of halogens is 3. The van der Waals surface area contributed by atoms with Crippen molar-refractivity contribution < 1.29 is 120 Å². The third-order valence-electron chi connectivity index (χ3n) is 19.4. The van der Waals surface area contributed by atoms with Crippen LogP contribution in [0.15, 0.2) is 98.6 Å². The summed E-state index contributed by atoms with van der Waals surface area (Å²) in [7, 11) is -3.22. The molecule has 12 aromatic heterocycles. The van der Waals surface area contributed by atoms with Gasteiger partial charge in [-0.25, -0.2) is 67.9 Å². The third kappa shape index (κ3) is 21.6. The van der Waals surface area contributed by atoms with Gasteiger partial charge in [0.15, 0.2) is 68.0 Å². The summed E-state index contributed by atoms with van der Waals surface area (Å²) in [6.45, 7) is 35.5. The van der Waals surface area contributed by atoms with Crippen LogP contribution in [0.5, 0.6) is 0 Å². The van der Waals surface area contributed by atoms with Crippen molar-refractivity contribution >= 4 is 96.2 Å². The van der Waals surface area contributed by atoms with E-state index in [0.717, 1.165) is 11.8 Å². The minimum Gasteiger partial charge on any atom is -0.444 e. The first kappa shape index (κ1) is 101. The van der Waals surface area contributed by atoms with Gasteiger partial charge in [-0.05, 0) is 20.8 Å². The molecule has 50 nitrogen and oxygen atoms in total. The van der Waals surface area contributed by atoms with E-state index in [4.69, 9.17) is 50.0 Å². The molecule has 5 N–H and O–H groups in total. The minimum absolute atomic E-state index is 0. The van der Waals surface area contributed by atoms with E-state index >= 15 is 0 Å². The molecule has 16 rings (SSSR count). The van der Waals surface area contributed by atoms with E-state index < -0.39 is 72.9 Å². The maximum Gasteiger partial charge on any atom is 0.511 e. The van der Waals surface area contributed by atoms with Gasteiger partial charge in [-0.2, -0.15) is 80.2 Å². The SMILES string of the molecule is [C-]#[N+]CC1(n2cc(-c3nccc4nc(NC(=O)COC)nn34)cn2)CN(C(=O)OC(C)(C)C)C1.[C-]#[N+]CC1(n2cc(-c3nccc4nc(NC(=O)COC)nn34)cn2)CN(S(=O)(=O)C(F)(F)F)C1.[C-]#[N+]CC1(n2cc(-c3nccc4nc(NC(=O)COC)nn34)cn2)CN(S(C)(=O)=O)C1.[C-]#[N+]CC1(n2cc(-c3nccc4nc(NC(=O)COC)nn34)cn2)CNC1.[CH3-].[CH3-].[W].[W]. The Morgan fingerprint density at radius 3 is 0.969 bits per heavy atom. The second-order valence-electron chi connectivity index (χ2n) is 29.9. The van der Waals surface area contributed by atoms with Crippen LogP contribution in [-0.4, -0.2) is 328 Å². The molecule has 686 valence electrons. The Hall–Kier alpha value is -13.1. The fourth-order valence-corrected chi connectivity index (χ4v) is 15.5. The van der Waals surface area contributed by atoms with Gasteiger partial charge in [0.2, 0.25) is 60.0 Å². The van der Waals surface area contributed by atoms with E-state index in [1.807, 2.05) is 31.6 Å². The van der Waals surface area contributed by atoms with Gasteiger partial charge in [0.1, 0.15) is 32.0 Å². The summed E-state index contributed by atoms with van der Waals surface area (Å²) in [5, 5.41) is 47.9. The Morgan fingerprint density at radius 2 is 0.723 bits per heavy atom. The van der Waals surface area contributed by atoms with E-state index in [2.05, 4.69) is 127 Å². The minimum atomic E-state index is -5.51. The number of methoxy groups -OCH3 is 4. The average molecular weight is 2180 g/mol. The maximum atomic E-state index is 12.9. The Kier molecular flexibility index (Phi) is 31.9. The number of hydrogen-bond acceptors (Lipinski definition) is 31. The van der Waals surface area contributed by atoms with E-state index in [1.54, 1.807) is 92.6 Å². The molecule has 4 fully saturated rings. The topological polar surface area (TPSA) is 531 Å². The van der Waals surface area contributed by atoms with Crippen molar-refractivity contribution in [1.82, 2.24) is 136 Å². The molecule has 0 radical (unpaired) electrons. The summed E-state index contributed by atoms with van der Waals surface area (Å²) in [6.07, 6.45) is 19.9. The molecule has 0 aliphatic carbocycles. The molecular weight excluding hydrogens is 2090 g/mol. The number of amides is 5. The van der Waals surface area contributed by atoms with E-state index in [1.165, 1.54) is 69.6 Å². The van der Waals surface area contributed by atoms with Crippen molar-refractivity contribution in [3.05, 3.63) is 159 Å². The molecule has 4 aliphatic heterocycles. The average Bonchev–Trinajstić information content (AvgIpc) is 0.837. The standard InChI is InChI=1S/C21H25N9O4.C17H16F3N9O4S.C17H19N9O4S.C16H17N9O2.2CH3.2W/c1-20(2,3)34-19(32)28-12-21(13-28,11-22-4)29-9-14(8-24-29)17-23-7-6-15-25-18(27-30(15)17)26-16(31)10-33-5;1-21-8-16(9-27(10-16)34(31,32)17(18,19)20)28-6-11(5-23-28)14-22-4-3-12-24-15(26-29(12)14)25-13(30)7-33-2;1-18-9-17(10-24(11-17)31(3,28)29)25-7-12(6-20-25)15-19-5-4-13-21-16(23-26(13)15)22-14(27)8-30-2;1-17-8-16(9-18-10-16)24-6-11(5-20-24)14-19-4-3-12-21-15(23-25(12)14)22-13(26)7-27-2;;;;/h6-9H,10-13H2,1-3,5H3,(H,26,27,31);3-6H,7-10H2,2H3,(H,25,26,30);4-7H,8-11H2,2-3H3,(H,22,23,27);3-6,18H,7-10H2,2H3,(H,22,23,26);2*1H3;;/q;;;;2*-1;;. The van der Waals surface area contributed by atoms with Crippen LogP contribution >= 0.6 is 0 Å². The normalized spacial score (nSPS) is 15.1. The van der Waals surface area contributed by atoms with Crippen molar-refractivity contribution in [1.29, 1.82) is 0 Å². The summed E-state index contributed by atoms with van der Waals surface area (Å²) < 4.78 is 124. The van der Waals surface area contributed by atoms with Gasteiger partial charge < -0.3 is 68.1 Å². The fraction of sp³-hybridized carbons (Fsp3) is 0.411. The molecule has 0 atom stereocenters. The number of likely N-dealkylation sites (tertiary alicyclic amines) is 1. The smallest absolute Gasteiger partial charge is 0.444 e. The third-order valence-corrected chi connectivity index (χ3v) is 22.2. The van der Waals surface area contributed by atoms with Crippen molar-refractivity contribution in [2.75, 3.05) is 161 Å². The predicted molar refractivity (Wildman–Crippen MR) is 444 cm³/mol. The molecule has 4 saturated heterocycles. The summed E-state index contributed by atoms with van der Waals surface area (Å²) in [5.41, 5.74) is -4.81. The van der Waals surface area contributed by atoms with Gasteiger partial charge in [-0.3, -0.25) is 59.2 Å². The zero-order valence-electron chi connectivity index (χ0n) is 70.9. The molecule has 12 aromatic rings. The number of anilines is 4. The second kappa shape index (κ2) is 41.1. The number of aromatic nitrogens is 24. The van der Waals surface area contributed by atoms with E-state index in [0.29, 0.717) is 89.5 Å². The monoisotopic (exact) mass is 2180 g/mol. The molecule has 0 aromatic carbocycles. The molecule has 0 bridgehead atoms. The molecule has 0 spiro atoms. The number of nitrogens with zero attached hydrogens (tertiary/aromatic N) is 31. The van der Waals surface area contributed by atoms with Gasteiger partial charge in [-0.15, -0.1) is 20.4 Å². The number of carbonyl (C=O) groups excluding carboxylic acids is 5. The first-order chi connectivity index (χ1) is 60.0. The van der Waals surface area contributed by atoms with Crippen molar-refractivity contribution in [2.45, 2.75) is 54.0 Å². The zero-order chi connectivity index (χ0) is 90.3. The van der Waals surface area contributed by atoms with Crippen LogP contribution in [0.3, 0.4) is 0 Å². The number of alkyl halides is 3. The molecule has 57 heteroatoms. The van der Waals surface area contributed by atoms with Gasteiger partial charge in [0.05, 0.1) is 66.4 Å². The van der Waals surface area contributed by atoms with E-state index in [9.17, 15) is 54.0 Å². The number of hydrogen-bond donors (Lipinski definition) is 5. The largest absolute Gasteiger partial charge is 0.511 e. The Bertz CT molecular complexity index is 6530. The van der Waals surface area contributed by atoms with Crippen LogP contribution in [0.1, 0.15) is 20.8 Å².